The molecule has 0 saturated carbocycles. The lowest BCUT2D eigenvalue weighted by molar-refractivity contribution is -0.125. The molecule has 0 fully saturated rings. The first-order valence-corrected chi connectivity index (χ1v) is 7.93. The van der Waals surface area contributed by atoms with E-state index in [-0.39, 0.29) is 30.6 Å². The first-order valence-electron chi connectivity index (χ1n) is 7.55. The Hall–Kier alpha value is -2.40. The topological polar surface area (TPSA) is 58.2 Å². The van der Waals surface area contributed by atoms with Crippen molar-refractivity contribution in [1.29, 1.82) is 0 Å². The summed E-state index contributed by atoms with van der Waals surface area (Å²) in [5, 5.41) is 5.89. The van der Waals surface area contributed by atoms with Gasteiger partial charge in [-0.15, -0.1) is 0 Å². The maximum Gasteiger partial charge on any atom is 0.239 e. The Morgan fingerprint density at radius 1 is 0.875 bits per heavy atom. The quantitative estimate of drug-likeness (QED) is 0.807. The fourth-order valence-corrected chi connectivity index (χ4v) is 2.21. The Morgan fingerprint density at radius 2 is 1.50 bits per heavy atom. The van der Waals surface area contributed by atoms with Crippen LogP contribution in [0.4, 0.5) is 4.39 Å². The van der Waals surface area contributed by atoms with Crippen LogP contribution in [0.2, 0.25) is 5.02 Å². The van der Waals surface area contributed by atoms with Crippen LogP contribution < -0.4 is 10.6 Å². The van der Waals surface area contributed by atoms with E-state index in [1.807, 2.05) is 0 Å². The molecule has 24 heavy (non-hydrogen) atoms. The Balaban J connectivity index is 1.64. The van der Waals surface area contributed by atoms with Crippen LogP contribution in [0.5, 0.6) is 0 Å². The summed E-state index contributed by atoms with van der Waals surface area (Å²) in [5.41, 5.74) is 1.76. The third kappa shape index (κ3) is 6.38. The monoisotopic (exact) mass is 348 g/mol. The zero-order valence-corrected chi connectivity index (χ0v) is 13.8. The van der Waals surface area contributed by atoms with Crippen molar-refractivity contribution >= 4 is 23.4 Å². The van der Waals surface area contributed by atoms with E-state index in [0.29, 0.717) is 18.0 Å². The van der Waals surface area contributed by atoms with Crippen molar-refractivity contribution in [1.82, 2.24) is 10.6 Å². The van der Waals surface area contributed by atoms with Gasteiger partial charge in [-0.3, -0.25) is 9.59 Å². The summed E-state index contributed by atoms with van der Waals surface area (Å²) in [6.45, 7) is 0.355. The number of nitrogens with one attached hydrogen (secondary N) is 2. The summed E-state index contributed by atoms with van der Waals surface area (Å²) in [4.78, 5) is 23.5. The smallest absolute Gasteiger partial charge is 0.239 e. The highest BCUT2D eigenvalue weighted by atomic mass is 35.5. The molecule has 0 aliphatic heterocycles. The van der Waals surface area contributed by atoms with Crippen LogP contribution in [0.3, 0.4) is 0 Å². The van der Waals surface area contributed by atoms with Crippen LogP contribution in [0.1, 0.15) is 11.1 Å². The van der Waals surface area contributed by atoms with Crippen LogP contribution >= 0.6 is 11.6 Å². The van der Waals surface area contributed by atoms with Crippen molar-refractivity contribution in [3.63, 3.8) is 0 Å². The summed E-state index contributed by atoms with van der Waals surface area (Å²) in [5.74, 6) is -0.779. The number of rotatable bonds is 7. The van der Waals surface area contributed by atoms with Gasteiger partial charge in [0.1, 0.15) is 5.82 Å². The van der Waals surface area contributed by atoms with Gasteiger partial charge in [0, 0.05) is 11.6 Å². The van der Waals surface area contributed by atoms with Gasteiger partial charge in [0.2, 0.25) is 11.8 Å². The predicted molar refractivity (Wildman–Crippen MR) is 91.3 cm³/mol. The van der Waals surface area contributed by atoms with Gasteiger partial charge in [-0.1, -0.05) is 35.9 Å². The molecule has 126 valence electrons. The van der Waals surface area contributed by atoms with Gasteiger partial charge in [-0.05, 0) is 41.8 Å². The molecule has 2 N–H and O–H groups in total. The number of halogens is 2. The number of benzene rings is 2. The van der Waals surface area contributed by atoms with Crippen molar-refractivity contribution in [3.05, 3.63) is 70.5 Å². The minimum Gasteiger partial charge on any atom is -0.354 e. The first kappa shape index (κ1) is 17.9. The Morgan fingerprint density at radius 3 is 2.17 bits per heavy atom. The SMILES string of the molecule is O=C(CNC(=O)Cc1ccc(Cl)cc1)NCCc1ccc(F)cc1. The van der Waals surface area contributed by atoms with E-state index >= 15 is 0 Å². The van der Waals surface area contributed by atoms with Crippen molar-refractivity contribution < 1.29 is 14.0 Å². The highest BCUT2D eigenvalue weighted by Gasteiger charge is 2.06. The van der Waals surface area contributed by atoms with Crippen LogP contribution in [0, 0.1) is 5.82 Å². The number of carbonyl (C=O) groups is 2. The van der Waals surface area contributed by atoms with E-state index in [1.165, 1.54) is 12.1 Å². The molecule has 0 unspecified atom stereocenters. The molecule has 0 radical (unpaired) electrons. The Bertz CT molecular complexity index is 687. The molecular weight excluding hydrogens is 331 g/mol. The minimum atomic E-state index is -0.286. The lowest BCUT2D eigenvalue weighted by atomic mass is 10.1. The molecule has 2 aromatic rings. The molecule has 0 aliphatic carbocycles. The highest BCUT2D eigenvalue weighted by Crippen LogP contribution is 2.09. The van der Waals surface area contributed by atoms with E-state index in [0.717, 1.165) is 11.1 Å². The average molecular weight is 349 g/mol. The van der Waals surface area contributed by atoms with Gasteiger partial charge in [-0.25, -0.2) is 4.39 Å². The molecule has 6 heteroatoms. The molecule has 0 aliphatic rings. The lowest BCUT2D eigenvalue weighted by Gasteiger charge is -2.07. The maximum absolute atomic E-state index is 12.8. The Labute approximate surface area is 145 Å². The average Bonchev–Trinajstić information content (AvgIpc) is 2.57. The van der Waals surface area contributed by atoms with E-state index in [9.17, 15) is 14.0 Å². The second-order valence-electron chi connectivity index (χ2n) is 5.31. The van der Waals surface area contributed by atoms with Crippen molar-refractivity contribution in [2.24, 2.45) is 0 Å². The normalized spacial score (nSPS) is 10.2. The molecule has 0 saturated heterocycles. The fourth-order valence-electron chi connectivity index (χ4n) is 2.09. The van der Waals surface area contributed by atoms with Gasteiger partial charge in [0.15, 0.2) is 0 Å². The highest BCUT2D eigenvalue weighted by molar-refractivity contribution is 6.30. The van der Waals surface area contributed by atoms with E-state index in [1.54, 1.807) is 36.4 Å². The molecule has 2 amide bonds. The van der Waals surface area contributed by atoms with E-state index < -0.39 is 0 Å². The molecular formula is C18H18ClFN2O2. The molecule has 0 bridgehead atoms. The summed E-state index contributed by atoms with van der Waals surface area (Å²) in [6, 6.07) is 13.1. The zero-order valence-electron chi connectivity index (χ0n) is 13.0. The largest absolute Gasteiger partial charge is 0.354 e. The van der Waals surface area contributed by atoms with Gasteiger partial charge >= 0.3 is 0 Å². The number of hydrogen-bond donors (Lipinski definition) is 2. The second kappa shape index (κ2) is 9.03. The van der Waals surface area contributed by atoms with Gasteiger partial charge < -0.3 is 10.6 Å². The fraction of sp³-hybridized carbons (Fsp3) is 0.222. The molecule has 2 rings (SSSR count). The first-order chi connectivity index (χ1) is 11.5. The summed E-state index contributed by atoms with van der Waals surface area (Å²) in [6.07, 6.45) is 0.796. The van der Waals surface area contributed by atoms with Gasteiger partial charge in [0.05, 0.1) is 13.0 Å². The predicted octanol–water partition coefficient (Wildman–Crippen LogP) is 2.50. The summed E-state index contributed by atoms with van der Waals surface area (Å²) >= 11 is 5.78. The summed E-state index contributed by atoms with van der Waals surface area (Å²) in [7, 11) is 0. The minimum absolute atomic E-state index is 0.0736. The van der Waals surface area contributed by atoms with Crippen LogP contribution in [-0.2, 0) is 22.4 Å². The van der Waals surface area contributed by atoms with E-state index in [4.69, 9.17) is 11.6 Å². The Kier molecular flexibility index (Phi) is 6.75. The zero-order chi connectivity index (χ0) is 17.4. The third-order valence-corrected chi connectivity index (χ3v) is 3.63. The van der Waals surface area contributed by atoms with Crippen molar-refractivity contribution in [2.75, 3.05) is 13.1 Å². The van der Waals surface area contributed by atoms with E-state index in [2.05, 4.69) is 10.6 Å². The number of carbonyl (C=O) groups excluding carboxylic acids is 2. The lowest BCUT2D eigenvalue weighted by Crippen LogP contribution is -2.38. The van der Waals surface area contributed by atoms with Crippen molar-refractivity contribution in [3.8, 4) is 0 Å². The van der Waals surface area contributed by atoms with Crippen LogP contribution in [-0.4, -0.2) is 24.9 Å². The van der Waals surface area contributed by atoms with Crippen molar-refractivity contribution in [2.45, 2.75) is 12.8 Å². The summed E-state index contributed by atoms with van der Waals surface area (Å²) < 4.78 is 12.8. The van der Waals surface area contributed by atoms with Gasteiger partial charge in [-0.2, -0.15) is 0 Å². The molecule has 0 spiro atoms. The molecule has 0 heterocycles. The maximum atomic E-state index is 12.8. The standard InChI is InChI=1S/C18H18ClFN2O2/c19-15-5-1-14(2-6-15)11-17(23)22-12-18(24)21-10-9-13-3-7-16(20)8-4-13/h1-8H,9-12H2,(H,21,24)(H,22,23). The molecule has 2 aromatic carbocycles. The molecule has 0 aromatic heterocycles. The number of amides is 2. The third-order valence-electron chi connectivity index (χ3n) is 3.37. The van der Waals surface area contributed by atoms with Crippen LogP contribution in [0.15, 0.2) is 48.5 Å². The van der Waals surface area contributed by atoms with Crippen LogP contribution in [0.25, 0.3) is 0 Å². The number of hydrogen-bond acceptors (Lipinski definition) is 2. The van der Waals surface area contributed by atoms with Gasteiger partial charge in [0.25, 0.3) is 0 Å². The second-order valence-corrected chi connectivity index (χ2v) is 5.74. The molecule has 0 atom stereocenters. The molecule has 4 nitrogen and oxygen atoms in total.